The van der Waals surface area contributed by atoms with Crippen LogP contribution < -0.4 is 5.56 Å². The van der Waals surface area contributed by atoms with Crippen molar-refractivity contribution in [1.82, 2.24) is 4.57 Å². The maximum atomic E-state index is 11.9. The molecule has 0 fully saturated rings. The topological polar surface area (TPSA) is 59.3 Å². The molecule has 2 rings (SSSR count). The molecule has 0 bridgehead atoms. The molecule has 0 aliphatic heterocycles. The van der Waals surface area contributed by atoms with Crippen molar-refractivity contribution in [1.29, 1.82) is 0 Å². The van der Waals surface area contributed by atoms with Crippen molar-refractivity contribution in [2.24, 2.45) is 0 Å². The van der Waals surface area contributed by atoms with Gasteiger partial charge in [-0.25, -0.2) is 4.79 Å². The van der Waals surface area contributed by atoms with Crippen LogP contribution in [0.25, 0.3) is 6.08 Å². The molecule has 2 heterocycles. The first-order valence-corrected chi connectivity index (χ1v) is 6.59. The molecule has 19 heavy (non-hydrogen) atoms. The fourth-order valence-electron chi connectivity index (χ4n) is 1.72. The van der Waals surface area contributed by atoms with Gasteiger partial charge in [0.25, 0.3) is 5.56 Å². The molecule has 0 spiro atoms. The van der Waals surface area contributed by atoms with E-state index >= 15 is 0 Å². The van der Waals surface area contributed by atoms with Crippen molar-refractivity contribution in [3.8, 4) is 0 Å². The number of nitrogens with zero attached hydrogens (tertiary/aromatic N) is 1. The van der Waals surface area contributed by atoms with Crippen LogP contribution in [-0.4, -0.2) is 15.6 Å². The van der Waals surface area contributed by atoms with Gasteiger partial charge in [0, 0.05) is 22.7 Å². The normalized spacial score (nSPS) is 11.0. The summed E-state index contributed by atoms with van der Waals surface area (Å²) >= 11 is 1.51. The summed E-state index contributed by atoms with van der Waals surface area (Å²) in [6.45, 7) is 2.23. The molecule has 1 N–H and O–H groups in total. The van der Waals surface area contributed by atoms with E-state index in [0.29, 0.717) is 12.1 Å². The first-order chi connectivity index (χ1) is 9.08. The standard InChI is InChI=1S/C14H13NO3S/c1-10-3-2-7-15(14(10)18)9-12-11(6-8-19-12)4-5-13(16)17/h2-8H,9H2,1H3,(H,16,17)/b5-4+. The monoisotopic (exact) mass is 275 g/mol. The predicted molar refractivity (Wildman–Crippen MR) is 75.5 cm³/mol. The van der Waals surface area contributed by atoms with Crippen LogP contribution in [-0.2, 0) is 11.3 Å². The summed E-state index contributed by atoms with van der Waals surface area (Å²) < 4.78 is 1.62. The molecule has 0 aromatic carbocycles. The van der Waals surface area contributed by atoms with E-state index in [1.807, 2.05) is 17.5 Å². The number of hydrogen-bond donors (Lipinski definition) is 1. The van der Waals surface area contributed by atoms with Crippen molar-refractivity contribution >= 4 is 23.4 Å². The molecule has 0 saturated heterocycles. The molecule has 2 aromatic rings. The van der Waals surface area contributed by atoms with Crippen molar-refractivity contribution in [2.45, 2.75) is 13.5 Å². The zero-order valence-corrected chi connectivity index (χ0v) is 11.2. The van der Waals surface area contributed by atoms with E-state index in [9.17, 15) is 9.59 Å². The molecule has 0 atom stereocenters. The molecule has 4 nitrogen and oxygen atoms in total. The number of pyridine rings is 1. The molecule has 0 saturated carbocycles. The van der Waals surface area contributed by atoms with Gasteiger partial charge >= 0.3 is 5.97 Å². The maximum absolute atomic E-state index is 11.9. The van der Waals surface area contributed by atoms with Crippen molar-refractivity contribution in [3.05, 3.63) is 62.2 Å². The Balaban J connectivity index is 2.29. The van der Waals surface area contributed by atoms with Crippen LogP contribution in [0, 0.1) is 6.92 Å². The largest absolute Gasteiger partial charge is 0.478 e. The van der Waals surface area contributed by atoms with Gasteiger partial charge in [-0.15, -0.1) is 11.3 Å². The SMILES string of the molecule is Cc1cccn(Cc2sccc2/C=C/C(=O)O)c1=O. The van der Waals surface area contributed by atoms with E-state index in [2.05, 4.69) is 0 Å². The number of hydrogen-bond acceptors (Lipinski definition) is 3. The molecular weight excluding hydrogens is 262 g/mol. The first-order valence-electron chi connectivity index (χ1n) is 5.71. The molecule has 0 amide bonds. The maximum Gasteiger partial charge on any atom is 0.328 e. The van der Waals surface area contributed by atoms with Gasteiger partial charge in [0.2, 0.25) is 0 Å². The highest BCUT2D eigenvalue weighted by atomic mass is 32.1. The number of aromatic nitrogens is 1. The zero-order valence-electron chi connectivity index (χ0n) is 10.4. The predicted octanol–water partition coefficient (Wildman–Crippen LogP) is 2.36. The Morgan fingerprint density at radius 2 is 2.26 bits per heavy atom. The summed E-state index contributed by atoms with van der Waals surface area (Å²) in [6.07, 6.45) is 4.39. The second kappa shape index (κ2) is 5.67. The van der Waals surface area contributed by atoms with E-state index in [0.717, 1.165) is 16.5 Å². The lowest BCUT2D eigenvalue weighted by Crippen LogP contribution is -2.21. The van der Waals surface area contributed by atoms with E-state index < -0.39 is 5.97 Å². The van der Waals surface area contributed by atoms with Crippen LogP contribution in [0.4, 0.5) is 0 Å². The summed E-state index contributed by atoms with van der Waals surface area (Å²) in [5, 5.41) is 10.5. The van der Waals surface area contributed by atoms with Gasteiger partial charge in [0.1, 0.15) is 0 Å². The van der Waals surface area contributed by atoms with E-state index in [4.69, 9.17) is 5.11 Å². The Hall–Kier alpha value is -2.14. The van der Waals surface area contributed by atoms with E-state index in [1.165, 1.54) is 11.3 Å². The fourth-order valence-corrected chi connectivity index (χ4v) is 2.59. The summed E-state index contributed by atoms with van der Waals surface area (Å²) in [5.74, 6) is -0.982. The van der Waals surface area contributed by atoms with E-state index in [1.54, 1.807) is 29.8 Å². The second-order valence-corrected chi connectivity index (χ2v) is 5.10. The van der Waals surface area contributed by atoms with Crippen LogP contribution in [0.3, 0.4) is 0 Å². The third kappa shape index (κ3) is 3.20. The van der Waals surface area contributed by atoms with Gasteiger partial charge in [0.05, 0.1) is 6.54 Å². The minimum absolute atomic E-state index is 0.0240. The molecule has 5 heteroatoms. The summed E-state index contributed by atoms with van der Waals surface area (Å²) in [6, 6.07) is 5.45. The highest BCUT2D eigenvalue weighted by Gasteiger charge is 2.05. The minimum Gasteiger partial charge on any atom is -0.478 e. The molecule has 0 unspecified atom stereocenters. The van der Waals surface area contributed by atoms with Crippen LogP contribution in [0.1, 0.15) is 16.0 Å². The Bertz CT molecular complexity index is 682. The van der Waals surface area contributed by atoms with Gasteiger partial charge < -0.3 is 9.67 Å². The first kappa shape index (κ1) is 13.3. The number of aryl methyl sites for hydroxylation is 1. The van der Waals surface area contributed by atoms with Gasteiger partial charge in [-0.05, 0) is 36.1 Å². The Morgan fingerprint density at radius 1 is 1.47 bits per heavy atom. The number of aliphatic carboxylic acids is 1. The Morgan fingerprint density at radius 3 is 3.00 bits per heavy atom. The van der Waals surface area contributed by atoms with Gasteiger partial charge in [0.15, 0.2) is 0 Å². The lowest BCUT2D eigenvalue weighted by molar-refractivity contribution is -0.131. The number of carbonyl (C=O) groups is 1. The van der Waals surface area contributed by atoms with Crippen molar-refractivity contribution in [3.63, 3.8) is 0 Å². The third-order valence-electron chi connectivity index (χ3n) is 2.71. The minimum atomic E-state index is -0.982. The average molecular weight is 275 g/mol. The van der Waals surface area contributed by atoms with Gasteiger partial charge in [-0.3, -0.25) is 4.79 Å². The lowest BCUT2D eigenvalue weighted by atomic mass is 10.2. The number of carboxylic acids is 1. The number of carboxylic acid groups (broad SMARTS) is 1. The van der Waals surface area contributed by atoms with Crippen LogP contribution in [0.2, 0.25) is 0 Å². The highest BCUT2D eigenvalue weighted by molar-refractivity contribution is 7.10. The molecular formula is C14H13NO3S. The quantitative estimate of drug-likeness (QED) is 0.871. The van der Waals surface area contributed by atoms with Crippen molar-refractivity contribution in [2.75, 3.05) is 0 Å². The average Bonchev–Trinajstić information content (AvgIpc) is 2.80. The van der Waals surface area contributed by atoms with Crippen LogP contribution in [0.5, 0.6) is 0 Å². The molecule has 0 aliphatic rings. The van der Waals surface area contributed by atoms with Crippen molar-refractivity contribution < 1.29 is 9.90 Å². The third-order valence-corrected chi connectivity index (χ3v) is 3.63. The van der Waals surface area contributed by atoms with Crippen LogP contribution in [0.15, 0.2) is 40.6 Å². The second-order valence-electron chi connectivity index (χ2n) is 4.09. The van der Waals surface area contributed by atoms with E-state index in [-0.39, 0.29) is 5.56 Å². The Kier molecular flexibility index (Phi) is 3.97. The molecule has 0 aliphatic carbocycles. The molecule has 98 valence electrons. The zero-order chi connectivity index (χ0) is 13.8. The molecule has 2 aromatic heterocycles. The van der Waals surface area contributed by atoms with Gasteiger partial charge in [-0.2, -0.15) is 0 Å². The fraction of sp³-hybridized carbons (Fsp3) is 0.143. The summed E-state index contributed by atoms with van der Waals surface area (Å²) in [5.41, 5.74) is 1.51. The summed E-state index contributed by atoms with van der Waals surface area (Å²) in [4.78, 5) is 23.4. The number of thiophene rings is 1. The highest BCUT2D eigenvalue weighted by Crippen LogP contribution is 2.19. The Labute approximate surface area is 114 Å². The lowest BCUT2D eigenvalue weighted by Gasteiger charge is -2.05. The number of rotatable bonds is 4. The summed E-state index contributed by atoms with van der Waals surface area (Å²) in [7, 11) is 0. The molecule has 0 radical (unpaired) electrons. The smallest absolute Gasteiger partial charge is 0.328 e. The van der Waals surface area contributed by atoms with Gasteiger partial charge in [-0.1, -0.05) is 6.07 Å². The van der Waals surface area contributed by atoms with Crippen LogP contribution >= 0.6 is 11.3 Å².